The molecule has 148 valence electrons. The maximum atomic E-state index is 12.9. The van der Waals surface area contributed by atoms with Gasteiger partial charge < -0.3 is 9.30 Å². The van der Waals surface area contributed by atoms with E-state index < -0.39 is 0 Å². The SMILES string of the molecule is COc1ccc(Cn2c3cc(Br)ccc3c3c2ccc(=O)n3-c2ccccc2)cc1. The van der Waals surface area contributed by atoms with E-state index in [1.807, 2.05) is 54.6 Å². The number of halogens is 1. The second-order valence-corrected chi connectivity index (χ2v) is 8.09. The molecular weight excluding hydrogens is 440 g/mol. The molecule has 0 amide bonds. The summed E-state index contributed by atoms with van der Waals surface area (Å²) < 4.78 is 10.4. The quantitative estimate of drug-likeness (QED) is 0.343. The number of para-hydroxylation sites is 1. The van der Waals surface area contributed by atoms with Gasteiger partial charge >= 0.3 is 0 Å². The minimum atomic E-state index is -0.0416. The van der Waals surface area contributed by atoms with Gasteiger partial charge in [-0.15, -0.1) is 0 Å². The summed E-state index contributed by atoms with van der Waals surface area (Å²) in [7, 11) is 1.67. The van der Waals surface area contributed by atoms with Crippen molar-refractivity contribution in [1.29, 1.82) is 0 Å². The number of fused-ring (bicyclic) bond motifs is 3. The molecule has 5 aromatic rings. The molecule has 0 bridgehead atoms. The zero-order valence-electron chi connectivity index (χ0n) is 16.4. The molecule has 4 nitrogen and oxygen atoms in total. The van der Waals surface area contributed by atoms with E-state index in [1.54, 1.807) is 17.7 Å². The Morgan fingerprint density at radius 3 is 2.37 bits per heavy atom. The summed E-state index contributed by atoms with van der Waals surface area (Å²) in [6, 6.07) is 27.7. The van der Waals surface area contributed by atoms with Crippen LogP contribution in [-0.2, 0) is 6.54 Å². The van der Waals surface area contributed by atoms with Crippen molar-refractivity contribution in [2.24, 2.45) is 0 Å². The van der Waals surface area contributed by atoms with E-state index in [-0.39, 0.29) is 5.56 Å². The van der Waals surface area contributed by atoms with E-state index in [0.717, 1.165) is 43.4 Å². The van der Waals surface area contributed by atoms with E-state index in [9.17, 15) is 4.79 Å². The van der Waals surface area contributed by atoms with Crippen LogP contribution in [0.4, 0.5) is 0 Å². The van der Waals surface area contributed by atoms with Crippen LogP contribution in [0.3, 0.4) is 0 Å². The fourth-order valence-corrected chi connectivity index (χ4v) is 4.33. The van der Waals surface area contributed by atoms with Crippen molar-refractivity contribution < 1.29 is 4.74 Å². The van der Waals surface area contributed by atoms with Crippen molar-refractivity contribution in [1.82, 2.24) is 9.13 Å². The van der Waals surface area contributed by atoms with Gasteiger partial charge in [0.25, 0.3) is 5.56 Å². The first-order chi connectivity index (χ1) is 14.7. The van der Waals surface area contributed by atoms with Crippen LogP contribution in [0.25, 0.3) is 27.6 Å². The topological polar surface area (TPSA) is 36.2 Å². The van der Waals surface area contributed by atoms with E-state index in [1.165, 1.54) is 0 Å². The van der Waals surface area contributed by atoms with Crippen LogP contribution in [0.1, 0.15) is 5.56 Å². The second-order valence-electron chi connectivity index (χ2n) is 7.17. The van der Waals surface area contributed by atoms with Crippen LogP contribution in [0, 0.1) is 0 Å². The third-order valence-electron chi connectivity index (χ3n) is 5.38. The molecule has 5 rings (SSSR count). The van der Waals surface area contributed by atoms with Crippen LogP contribution < -0.4 is 10.3 Å². The van der Waals surface area contributed by atoms with Gasteiger partial charge in [-0.1, -0.05) is 46.3 Å². The summed E-state index contributed by atoms with van der Waals surface area (Å²) in [6.45, 7) is 0.688. The molecule has 0 aliphatic rings. The summed E-state index contributed by atoms with van der Waals surface area (Å²) >= 11 is 3.61. The third-order valence-corrected chi connectivity index (χ3v) is 5.87. The molecule has 0 saturated carbocycles. The maximum Gasteiger partial charge on any atom is 0.255 e. The zero-order valence-corrected chi connectivity index (χ0v) is 18.0. The predicted molar refractivity (Wildman–Crippen MR) is 125 cm³/mol. The lowest BCUT2D eigenvalue weighted by atomic mass is 10.2. The number of benzene rings is 3. The first-order valence-electron chi connectivity index (χ1n) is 9.67. The van der Waals surface area contributed by atoms with E-state index in [4.69, 9.17) is 4.74 Å². The average Bonchev–Trinajstić information content (AvgIpc) is 3.07. The molecule has 0 atom stereocenters. The van der Waals surface area contributed by atoms with Crippen molar-refractivity contribution in [3.63, 3.8) is 0 Å². The molecule has 2 aromatic heterocycles. The summed E-state index contributed by atoms with van der Waals surface area (Å²) in [4.78, 5) is 12.9. The van der Waals surface area contributed by atoms with Crippen molar-refractivity contribution in [2.45, 2.75) is 6.54 Å². The smallest absolute Gasteiger partial charge is 0.255 e. The van der Waals surface area contributed by atoms with Crippen LogP contribution in [0.5, 0.6) is 5.75 Å². The summed E-state index contributed by atoms with van der Waals surface area (Å²) in [5.74, 6) is 0.835. The molecule has 2 heterocycles. The molecule has 0 aliphatic heterocycles. The van der Waals surface area contributed by atoms with Crippen LogP contribution >= 0.6 is 15.9 Å². The molecule has 0 unspecified atom stereocenters. The monoisotopic (exact) mass is 458 g/mol. The molecular formula is C25H19BrN2O2. The molecule has 30 heavy (non-hydrogen) atoms. The molecule has 0 fully saturated rings. The standard InChI is InChI=1S/C25H19BrN2O2/c1-30-20-10-7-17(8-11-20)16-27-22-13-14-24(29)28(19-5-3-2-4-6-19)25(22)21-12-9-18(26)15-23(21)27/h2-15H,16H2,1H3. The molecule has 0 spiro atoms. The van der Waals surface area contributed by atoms with E-state index in [0.29, 0.717) is 6.54 Å². The predicted octanol–water partition coefficient (Wildman–Crippen LogP) is 5.76. The average molecular weight is 459 g/mol. The fourth-order valence-electron chi connectivity index (χ4n) is 3.98. The van der Waals surface area contributed by atoms with Crippen molar-refractivity contribution in [3.05, 3.63) is 105 Å². The highest BCUT2D eigenvalue weighted by atomic mass is 79.9. The fraction of sp³-hybridized carbons (Fsp3) is 0.0800. The molecule has 3 aromatic carbocycles. The Morgan fingerprint density at radius 1 is 0.867 bits per heavy atom. The third kappa shape index (κ3) is 3.12. The number of hydrogen-bond donors (Lipinski definition) is 0. The zero-order chi connectivity index (χ0) is 20.7. The lowest BCUT2D eigenvalue weighted by molar-refractivity contribution is 0.414. The molecule has 0 radical (unpaired) electrons. The largest absolute Gasteiger partial charge is 0.497 e. The van der Waals surface area contributed by atoms with Gasteiger partial charge in [0.1, 0.15) is 5.75 Å². The normalized spacial score (nSPS) is 11.3. The number of pyridine rings is 1. The summed E-state index contributed by atoms with van der Waals surface area (Å²) in [5, 5.41) is 1.04. The lowest BCUT2D eigenvalue weighted by Crippen LogP contribution is -2.17. The number of rotatable bonds is 4. The van der Waals surface area contributed by atoms with E-state index >= 15 is 0 Å². The van der Waals surface area contributed by atoms with E-state index in [2.05, 4.69) is 44.8 Å². The Kier molecular flexibility index (Phi) is 4.68. The number of methoxy groups -OCH3 is 1. The van der Waals surface area contributed by atoms with Crippen molar-refractivity contribution in [3.8, 4) is 11.4 Å². The molecule has 5 heteroatoms. The van der Waals surface area contributed by atoms with Crippen molar-refractivity contribution in [2.75, 3.05) is 7.11 Å². The first kappa shape index (κ1) is 18.7. The van der Waals surface area contributed by atoms with Gasteiger partial charge in [-0.3, -0.25) is 9.36 Å². The Morgan fingerprint density at radius 2 is 1.63 bits per heavy atom. The highest BCUT2D eigenvalue weighted by Gasteiger charge is 2.16. The Balaban J connectivity index is 1.81. The maximum absolute atomic E-state index is 12.9. The lowest BCUT2D eigenvalue weighted by Gasteiger charge is -2.10. The second kappa shape index (κ2) is 7.50. The van der Waals surface area contributed by atoms with Gasteiger partial charge in [0, 0.05) is 28.2 Å². The number of aromatic nitrogens is 2. The molecule has 0 saturated heterocycles. The van der Waals surface area contributed by atoms with Gasteiger partial charge in [-0.05, 0) is 54.1 Å². The summed E-state index contributed by atoms with van der Waals surface area (Å²) in [6.07, 6.45) is 0. The molecule has 0 aliphatic carbocycles. The number of hydrogen-bond acceptors (Lipinski definition) is 2. The minimum absolute atomic E-state index is 0.0416. The van der Waals surface area contributed by atoms with Crippen LogP contribution in [-0.4, -0.2) is 16.2 Å². The molecule has 0 N–H and O–H groups in total. The van der Waals surface area contributed by atoms with Gasteiger partial charge in [-0.25, -0.2) is 0 Å². The Bertz CT molecular complexity index is 1420. The first-order valence-corrected chi connectivity index (χ1v) is 10.5. The Labute approximate surface area is 182 Å². The van der Waals surface area contributed by atoms with Gasteiger partial charge in [-0.2, -0.15) is 0 Å². The van der Waals surface area contributed by atoms with Crippen LogP contribution in [0.2, 0.25) is 0 Å². The van der Waals surface area contributed by atoms with Gasteiger partial charge in [0.05, 0.1) is 23.7 Å². The number of ether oxygens (including phenoxy) is 1. The van der Waals surface area contributed by atoms with Gasteiger partial charge in [0.2, 0.25) is 0 Å². The van der Waals surface area contributed by atoms with Crippen LogP contribution in [0.15, 0.2) is 94.2 Å². The highest BCUT2D eigenvalue weighted by molar-refractivity contribution is 9.10. The highest BCUT2D eigenvalue weighted by Crippen LogP contribution is 2.32. The summed E-state index contributed by atoms with van der Waals surface area (Å²) in [5.41, 5.74) is 4.99. The minimum Gasteiger partial charge on any atom is -0.497 e. The number of nitrogens with zero attached hydrogens (tertiary/aromatic N) is 2. The van der Waals surface area contributed by atoms with Crippen molar-refractivity contribution >= 4 is 37.9 Å². The Hall–Kier alpha value is -3.31. The van der Waals surface area contributed by atoms with Gasteiger partial charge in [0.15, 0.2) is 0 Å².